The Balaban J connectivity index is 1.96. The third kappa shape index (κ3) is 3.03. The molecule has 26 heavy (non-hydrogen) atoms. The lowest BCUT2D eigenvalue weighted by molar-refractivity contribution is -0.401. The van der Waals surface area contributed by atoms with Gasteiger partial charge in [-0.05, 0) is 49.8 Å². The van der Waals surface area contributed by atoms with Crippen molar-refractivity contribution in [3.8, 4) is 5.75 Å². The van der Waals surface area contributed by atoms with E-state index < -0.39 is 0 Å². The summed E-state index contributed by atoms with van der Waals surface area (Å²) in [6.45, 7) is 4.34. The van der Waals surface area contributed by atoms with Crippen molar-refractivity contribution in [3.05, 3.63) is 65.2 Å². The summed E-state index contributed by atoms with van der Waals surface area (Å²) in [6.07, 6.45) is 4.24. The molecule has 0 aliphatic carbocycles. The SMILES string of the molecule is COC(=O)c1ccc2c(c1)C(C)(C)C(C=Cc1ccc(OC)cc1)=[N+]2C. The van der Waals surface area contributed by atoms with E-state index in [0.717, 1.165) is 22.6 Å². The second kappa shape index (κ2) is 6.79. The van der Waals surface area contributed by atoms with Gasteiger partial charge < -0.3 is 9.47 Å². The summed E-state index contributed by atoms with van der Waals surface area (Å²) in [6, 6.07) is 13.7. The molecule has 0 unspecified atom stereocenters. The molecule has 0 radical (unpaired) electrons. The molecular formula is C22H24NO3+. The van der Waals surface area contributed by atoms with E-state index in [9.17, 15) is 4.79 Å². The largest absolute Gasteiger partial charge is 0.497 e. The Morgan fingerprint density at radius 1 is 1.04 bits per heavy atom. The Morgan fingerprint density at radius 3 is 2.35 bits per heavy atom. The zero-order chi connectivity index (χ0) is 18.9. The van der Waals surface area contributed by atoms with Crippen LogP contribution in [0.2, 0.25) is 0 Å². The first-order valence-electron chi connectivity index (χ1n) is 8.54. The van der Waals surface area contributed by atoms with Gasteiger partial charge in [0.05, 0.1) is 25.2 Å². The first-order chi connectivity index (χ1) is 12.4. The van der Waals surface area contributed by atoms with Crippen LogP contribution < -0.4 is 4.74 Å². The highest BCUT2D eigenvalue weighted by molar-refractivity contribution is 6.05. The number of benzene rings is 2. The topological polar surface area (TPSA) is 38.5 Å². The van der Waals surface area contributed by atoms with Gasteiger partial charge in [0.25, 0.3) is 0 Å². The van der Waals surface area contributed by atoms with Gasteiger partial charge >= 0.3 is 5.97 Å². The quantitative estimate of drug-likeness (QED) is 0.613. The van der Waals surface area contributed by atoms with Crippen molar-refractivity contribution < 1.29 is 18.8 Å². The third-order valence-electron chi connectivity index (χ3n) is 5.00. The average Bonchev–Trinajstić information content (AvgIpc) is 2.85. The molecule has 4 nitrogen and oxygen atoms in total. The molecular weight excluding hydrogens is 326 g/mol. The summed E-state index contributed by atoms with van der Waals surface area (Å²) in [5, 5.41) is 0. The Hall–Kier alpha value is -2.88. The smallest absolute Gasteiger partial charge is 0.337 e. The lowest BCUT2D eigenvalue weighted by Crippen LogP contribution is -2.26. The van der Waals surface area contributed by atoms with E-state index in [2.05, 4.69) is 37.6 Å². The molecule has 2 aromatic rings. The number of methoxy groups -OCH3 is 2. The van der Waals surface area contributed by atoms with E-state index in [4.69, 9.17) is 9.47 Å². The number of ether oxygens (including phenoxy) is 2. The van der Waals surface area contributed by atoms with Crippen molar-refractivity contribution in [2.24, 2.45) is 0 Å². The lowest BCUT2D eigenvalue weighted by Gasteiger charge is -2.16. The van der Waals surface area contributed by atoms with E-state index >= 15 is 0 Å². The van der Waals surface area contributed by atoms with Crippen molar-refractivity contribution >= 4 is 23.4 Å². The predicted molar refractivity (Wildman–Crippen MR) is 104 cm³/mol. The molecule has 0 saturated carbocycles. The van der Waals surface area contributed by atoms with Crippen LogP contribution in [0.1, 0.15) is 35.3 Å². The summed E-state index contributed by atoms with van der Waals surface area (Å²) < 4.78 is 12.2. The highest BCUT2D eigenvalue weighted by Gasteiger charge is 2.43. The first kappa shape index (κ1) is 17.9. The van der Waals surface area contributed by atoms with E-state index in [1.165, 1.54) is 12.8 Å². The maximum absolute atomic E-state index is 11.9. The number of rotatable bonds is 4. The van der Waals surface area contributed by atoms with Crippen LogP contribution in [0.25, 0.3) is 6.08 Å². The summed E-state index contributed by atoms with van der Waals surface area (Å²) in [7, 11) is 5.12. The number of carbonyl (C=O) groups excluding carboxylic acids is 1. The van der Waals surface area contributed by atoms with Crippen molar-refractivity contribution in [2.75, 3.05) is 21.3 Å². The molecule has 2 aromatic carbocycles. The molecule has 1 heterocycles. The molecule has 4 heteroatoms. The van der Waals surface area contributed by atoms with Gasteiger partial charge in [0, 0.05) is 17.7 Å². The molecule has 0 bridgehead atoms. The number of fused-ring (bicyclic) bond motifs is 1. The van der Waals surface area contributed by atoms with Gasteiger partial charge in [-0.25, -0.2) is 4.79 Å². The number of allylic oxidation sites excluding steroid dienone is 1. The molecule has 3 rings (SSSR count). The second-order valence-corrected chi connectivity index (χ2v) is 6.90. The van der Waals surface area contributed by atoms with Gasteiger partial charge in [0.15, 0.2) is 5.71 Å². The van der Waals surface area contributed by atoms with E-state index in [1.54, 1.807) is 7.11 Å². The molecule has 0 amide bonds. The van der Waals surface area contributed by atoms with Crippen molar-refractivity contribution in [1.82, 2.24) is 0 Å². The minimum absolute atomic E-state index is 0.211. The second-order valence-electron chi connectivity index (χ2n) is 6.90. The number of hydrogen-bond donors (Lipinski definition) is 0. The number of esters is 1. The van der Waals surface area contributed by atoms with Gasteiger partial charge in [-0.1, -0.05) is 12.1 Å². The Labute approximate surface area is 154 Å². The molecule has 0 atom stereocenters. The fourth-order valence-corrected chi connectivity index (χ4v) is 3.47. The van der Waals surface area contributed by atoms with E-state index in [1.807, 2.05) is 42.5 Å². The molecule has 0 aromatic heterocycles. The molecule has 0 spiro atoms. The summed E-state index contributed by atoms with van der Waals surface area (Å²) in [5.41, 5.74) is 4.87. The van der Waals surface area contributed by atoms with Crippen LogP contribution in [-0.4, -0.2) is 37.5 Å². The van der Waals surface area contributed by atoms with Crippen LogP contribution in [0.15, 0.2) is 48.5 Å². The van der Waals surface area contributed by atoms with Gasteiger partial charge in [0.2, 0.25) is 5.69 Å². The van der Waals surface area contributed by atoms with Crippen LogP contribution >= 0.6 is 0 Å². The van der Waals surface area contributed by atoms with Gasteiger partial charge in [-0.2, -0.15) is 4.58 Å². The standard InChI is InChI=1S/C22H24NO3/c1-22(2)18-14-16(21(24)26-5)9-12-19(18)23(3)20(22)13-8-15-6-10-17(25-4)11-7-15/h6-14H,1-5H3/q+1. The molecule has 0 saturated heterocycles. The first-order valence-corrected chi connectivity index (χ1v) is 8.54. The Kier molecular flexibility index (Phi) is 4.68. The van der Waals surface area contributed by atoms with Crippen molar-refractivity contribution in [1.29, 1.82) is 0 Å². The molecule has 1 aliphatic rings. The maximum Gasteiger partial charge on any atom is 0.337 e. The fraction of sp³-hybridized carbons (Fsp3) is 0.273. The lowest BCUT2D eigenvalue weighted by atomic mass is 9.80. The van der Waals surface area contributed by atoms with Crippen LogP contribution in [0, 0.1) is 0 Å². The fourth-order valence-electron chi connectivity index (χ4n) is 3.47. The van der Waals surface area contributed by atoms with Gasteiger partial charge in [0.1, 0.15) is 12.8 Å². The van der Waals surface area contributed by atoms with E-state index in [0.29, 0.717) is 5.56 Å². The number of carbonyl (C=O) groups is 1. The third-order valence-corrected chi connectivity index (χ3v) is 5.00. The van der Waals surface area contributed by atoms with Crippen LogP contribution in [0.3, 0.4) is 0 Å². The highest BCUT2D eigenvalue weighted by Crippen LogP contribution is 2.40. The Morgan fingerprint density at radius 2 is 1.73 bits per heavy atom. The minimum Gasteiger partial charge on any atom is -0.497 e. The van der Waals surface area contributed by atoms with Crippen molar-refractivity contribution in [2.45, 2.75) is 19.3 Å². The average molecular weight is 350 g/mol. The van der Waals surface area contributed by atoms with Gasteiger partial charge in [-0.3, -0.25) is 0 Å². The summed E-state index contributed by atoms with van der Waals surface area (Å²) in [4.78, 5) is 11.9. The highest BCUT2D eigenvalue weighted by atomic mass is 16.5. The Bertz CT molecular complexity index is 905. The predicted octanol–water partition coefficient (Wildman–Crippen LogP) is 4.20. The molecule has 134 valence electrons. The molecule has 0 fully saturated rings. The normalized spacial score (nSPS) is 15.3. The zero-order valence-electron chi connectivity index (χ0n) is 15.9. The summed E-state index contributed by atoms with van der Waals surface area (Å²) in [5.74, 6) is 0.532. The molecule has 1 aliphatic heterocycles. The number of nitrogens with zero attached hydrogens (tertiary/aromatic N) is 1. The van der Waals surface area contributed by atoms with Gasteiger partial charge in [-0.15, -0.1) is 0 Å². The monoisotopic (exact) mass is 350 g/mol. The van der Waals surface area contributed by atoms with Crippen LogP contribution in [-0.2, 0) is 10.2 Å². The van der Waals surface area contributed by atoms with Crippen molar-refractivity contribution in [3.63, 3.8) is 0 Å². The zero-order valence-corrected chi connectivity index (χ0v) is 15.9. The van der Waals surface area contributed by atoms with E-state index in [-0.39, 0.29) is 11.4 Å². The maximum atomic E-state index is 11.9. The van der Waals surface area contributed by atoms with Crippen LogP contribution in [0.5, 0.6) is 5.75 Å². The summed E-state index contributed by atoms with van der Waals surface area (Å²) >= 11 is 0. The number of hydrogen-bond acceptors (Lipinski definition) is 3. The minimum atomic E-state index is -0.312. The molecule has 0 N–H and O–H groups in total. The van der Waals surface area contributed by atoms with Crippen LogP contribution in [0.4, 0.5) is 5.69 Å².